The van der Waals surface area contributed by atoms with Gasteiger partial charge in [0.25, 0.3) is 0 Å². The molecule has 1 unspecified atom stereocenters. The predicted molar refractivity (Wildman–Crippen MR) is 68.1 cm³/mol. The molecular formula is C12H26O3Si. The van der Waals surface area contributed by atoms with E-state index < -0.39 is 8.32 Å². The molecule has 1 aliphatic heterocycles. The first-order valence-corrected chi connectivity index (χ1v) is 9.00. The molecule has 0 aromatic heterocycles. The zero-order valence-electron chi connectivity index (χ0n) is 11.4. The third-order valence-electron chi connectivity index (χ3n) is 4.08. The monoisotopic (exact) mass is 246 g/mol. The Labute approximate surface area is 100 Å². The number of aliphatic hydroxyl groups is 1. The number of hydrogen-bond donors (Lipinski definition) is 1. The van der Waals surface area contributed by atoms with E-state index in [1.54, 1.807) is 0 Å². The molecule has 1 fully saturated rings. The molecule has 3 nitrogen and oxygen atoms in total. The summed E-state index contributed by atoms with van der Waals surface area (Å²) in [5.41, 5.74) is 0. The fourth-order valence-corrected chi connectivity index (χ4v) is 3.07. The van der Waals surface area contributed by atoms with Crippen molar-refractivity contribution in [2.75, 3.05) is 13.2 Å². The molecule has 0 aliphatic carbocycles. The summed E-state index contributed by atoms with van der Waals surface area (Å²) in [4.78, 5) is 0. The lowest BCUT2D eigenvalue weighted by Gasteiger charge is -2.39. The quantitative estimate of drug-likeness (QED) is 0.777. The molecule has 16 heavy (non-hydrogen) atoms. The highest BCUT2D eigenvalue weighted by Crippen LogP contribution is 2.39. The van der Waals surface area contributed by atoms with Crippen LogP contribution in [0.15, 0.2) is 0 Å². The SMILES string of the molecule is CC1[C@@H](CO)OC[C@H]1O[Si](C)(C)C(C)(C)C. The average Bonchev–Trinajstić information content (AvgIpc) is 2.45. The van der Waals surface area contributed by atoms with Gasteiger partial charge < -0.3 is 14.3 Å². The van der Waals surface area contributed by atoms with Crippen LogP contribution in [0.5, 0.6) is 0 Å². The average molecular weight is 246 g/mol. The van der Waals surface area contributed by atoms with Crippen molar-refractivity contribution in [1.82, 2.24) is 0 Å². The van der Waals surface area contributed by atoms with Crippen LogP contribution in [0.2, 0.25) is 18.1 Å². The molecule has 1 heterocycles. The Bertz CT molecular complexity index is 235. The van der Waals surface area contributed by atoms with Gasteiger partial charge in [-0.3, -0.25) is 0 Å². The van der Waals surface area contributed by atoms with E-state index in [0.29, 0.717) is 12.5 Å². The Hall–Kier alpha value is 0.0969. The second-order valence-corrected chi connectivity index (χ2v) is 11.1. The molecule has 0 aromatic rings. The van der Waals surface area contributed by atoms with Crippen LogP contribution in [0, 0.1) is 5.92 Å². The number of rotatable bonds is 3. The molecule has 0 amide bonds. The minimum atomic E-state index is -1.72. The molecule has 1 aliphatic rings. The standard InChI is InChI=1S/C12H26O3Si/c1-9-10(7-13)14-8-11(9)15-16(5,6)12(2,3)4/h9-11,13H,7-8H2,1-6H3/t9?,10-,11-/m1/s1. The van der Waals surface area contributed by atoms with Crippen LogP contribution >= 0.6 is 0 Å². The van der Waals surface area contributed by atoms with Gasteiger partial charge in [-0.05, 0) is 18.1 Å². The highest BCUT2D eigenvalue weighted by atomic mass is 28.4. The summed E-state index contributed by atoms with van der Waals surface area (Å²) in [5, 5.41) is 9.37. The first kappa shape index (κ1) is 14.2. The van der Waals surface area contributed by atoms with E-state index >= 15 is 0 Å². The largest absolute Gasteiger partial charge is 0.411 e. The van der Waals surface area contributed by atoms with Gasteiger partial charge in [-0.25, -0.2) is 0 Å². The lowest BCUT2D eigenvalue weighted by Crippen LogP contribution is -2.45. The zero-order valence-corrected chi connectivity index (χ0v) is 12.4. The maximum absolute atomic E-state index is 9.14. The van der Waals surface area contributed by atoms with Gasteiger partial charge in [0.05, 0.1) is 25.4 Å². The number of ether oxygens (including phenoxy) is 1. The van der Waals surface area contributed by atoms with Crippen LogP contribution in [0.4, 0.5) is 0 Å². The van der Waals surface area contributed by atoms with Crippen molar-refractivity contribution >= 4 is 8.32 Å². The number of aliphatic hydroxyl groups excluding tert-OH is 1. The normalized spacial score (nSPS) is 32.1. The molecular weight excluding hydrogens is 220 g/mol. The lowest BCUT2D eigenvalue weighted by atomic mass is 10.0. The first-order valence-electron chi connectivity index (χ1n) is 6.09. The van der Waals surface area contributed by atoms with Crippen LogP contribution in [-0.2, 0) is 9.16 Å². The number of hydrogen-bond acceptors (Lipinski definition) is 3. The minimum Gasteiger partial charge on any atom is -0.411 e. The van der Waals surface area contributed by atoms with Crippen LogP contribution in [0.1, 0.15) is 27.7 Å². The van der Waals surface area contributed by atoms with Crippen LogP contribution in [-0.4, -0.2) is 38.8 Å². The van der Waals surface area contributed by atoms with Crippen LogP contribution in [0.3, 0.4) is 0 Å². The second-order valence-electron chi connectivity index (χ2n) is 6.33. The van der Waals surface area contributed by atoms with E-state index in [9.17, 15) is 0 Å². The summed E-state index contributed by atoms with van der Waals surface area (Å²) in [6.07, 6.45) is 0.104. The molecule has 0 bridgehead atoms. The van der Waals surface area contributed by atoms with E-state index in [0.717, 1.165) is 0 Å². The molecule has 96 valence electrons. The van der Waals surface area contributed by atoms with Gasteiger partial charge in [0.1, 0.15) is 0 Å². The summed E-state index contributed by atoms with van der Waals surface area (Å²) in [6, 6.07) is 0. The van der Waals surface area contributed by atoms with Crippen LogP contribution < -0.4 is 0 Å². The summed E-state index contributed by atoms with van der Waals surface area (Å²) in [6.45, 7) is 14.1. The van der Waals surface area contributed by atoms with Gasteiger partial charge >= 0.3 is 0 Å². The Kier molecular flexibility index (Phi) is 4.22. The third kappa shape index (κ3) is 2.86. The maximum Gasteiger partial charge on any atom is 0.192 e. The zero-order chi connectivity index (χ0) is 12.6. The van der Waals surface area contributed by atoms with E-state index in [2.05, 4.69) is 40.8 Å². The molecule has 1 N–H and O–H groups in total. The molecule has 1 saturated heterocycles. The predicted octanol–water partition coefficient (Wildman–Crippen LogP) is 2.40. The topological polar surface area (TPSA) is 38.7 Å². The Morgan fingerprint density at radius 2 is 1.94 bits per heavy atom. The van der Waals surface area contributed by atoms with E-state index in [4.69, 9.17) is 14.3 Å². The Balaban J connectivity index is 2.62. The van der Waals surface area contributed by atoms with Crippen molar-refractivity contribution in [2.24, 2.45) is 5.92 Å². The van der Waals surface area contributed by atoms with Crippen LogP contribution in [0.25, 0.3) is 0 Å². The summed E-state index contributed by atoms with van der Waals surface area (Å²) in [7, 11) is -1.72. The van der Waals surface area contributed by atoms with Crippen molar-refractivity contribution < 1.29 is 14.3 Å². The van der Waals surface area contributed by atoms with Gasteiger partial charge in [0.15, 0.2) is 8.32 Å². The third-order valence-corrected chi connectivity index (χ3v) is 8.58. The highest BCUT2D eigenvalue weighted by molar-refractivity contribution is 6.74. The smallest absolute Gasteiger partial charge is 0.192 e. The van der Waals surface area contributed by atoms with E-state index in [1.165, 1.54) is 0 Å². The van der Waals surface area contributed by atoms with Gasteiger partial charge in [-0.2, -0.15) is 0 Å². The van der Waals surface area contributed by atoms with Gasteiger partial charge in [0, 0.05) is 5.92 Å². The molecule has 1 rings (SSSR count). The molecule has 4 heteroatoms. The van der Waals surface area contributed by atoms with Crippen molar-refractivity contribution in [3.8, 4) is 0 Å². The minimum absolute atomic E-state index is 0.0465. The Morgan fingerprint density at radius 1 is 1.38 bits per heavy atom. The Morgan fingerprint density at radius 3 is 2.31 bits per heavy atom. The fourth-order valence-electron chi connectivity index (χ4n) is 1.68. The van der Waals surface area contributed by atoms with Crippen molar-refractivity contribution in [2.45, 2.75) is 58.0 Å². The molecule has 3 atom stereocenters. The van der Waals surface area contributed by atoms with Crippen molar-refractivity contribution in [1.29, 1.82) is 0 Å². The summed E-state index contributed by atoms with van der Waals surface area (Å²) in [5.74, 6) is 0.291. The van der Waals surface area contributed by atoms with Gasteiger partial charge in [-0.1, -0.05) is 27.7 Å². The first-order chi connectivity index (χ1) is 7.19. The lowest BCUT2D eigenvalue weighted by molar-refractivity contribution is 0.0423. The van der Waals surface area contributed by atoms with Crippen molar-refractivity contribution in [3.05, 3.63) is 0 Å². The summed E-state index contributed by atoms with van der Waals surface area (Å²) < 4.78 is 11.8. The highest BCUT2D eigenvalue weighted by Gasteiger charge is 2.43. The molecule has 0 radical (unpaired) electrons. The molecule has 0 saturated carbocycles. The fraction of sp³-hybridized carbons (Fsp3) is 1.00. The maximum atomic E-state index is 9.14. The summed E-state index contributed by atoms with van der Waals surface area (Å²) >= 11 is 0. The molecule has 0 aromatic carbocycles. The van der Waals surface area contributed by atoms with Gasteiger partial charge in [-0.15, -0.1) is 0 Å². The van der Waals surface area contributed by atoms with E-state index in [1.807, 2.05) is 0 Å². The van der Waals surface area contributed by atoms with Gasteiger partial charge in [0.2, 0.25) is 0 Å². The van der Waals surface area contributed by atoms with E-state index in [-0.39, 0.29) is 23.9 Å². The molecule has 0 spiro atoms. The van der Waals surface area contributed by atoms with Crippen molar-refractivity contribution in [3.63, 3.8) is 0 Å². The second kappa shape index (κ2) is 4.76.